The SMILES string of the molecule is CC(C)(C)OC(=O)N1CCC(OCc2cc3c(c(C(F)(F)F)c2)CNC3=O)CC1. The van der Waals surface area contributed by atoms with Crippen LogP contribution in [0.2, 0.25) is 0 Å². The molecule has 1 N–H and O–H groups in total. The Morgan fingerprint density at radius 3 is 2.45 bits per heavy atom. The van der Waals surface area contributed by atoms with Gasteiger partial charge in [-0.3, -0.25) is 4.79 Å². The minimum atomic E-state index is -4.54. The highest BCUT2D eigenvalue weighted by Gasteiger charge is 2.37. The molecule has 29 heavy (non-hydrogen) atoms. The first-order chi connectivity index (χ1) is 13.4. The van der Waals surface area contributed by atoms with Crippen molar-refractivity contribution in [1.82, 2.24) is 10.2 Å². The van der Waals surface area contributed by atoms with Gasteiger partial charge in [0.1, 0.15) is 5.60 Å². The van der Waals surface area contributed by atoms with Crippen molar-refractivity contribution in [2.45, 2.75) is 64.6 Å². The van der Waals surface area contributed by atoms with Gasteiger partial charge in [-0.2, -0.15) is 13.2 Å². The van der Waals surface area contributed by atoms with E-state index in [2.05, 4.69) is 5.32 Å². The fraction of sp³-hybridized carbons (Fsp3) is 0.600. The number of likely N-dealkylation sites (tertiary alicyclic amines) is 1. The van der Waals surface area contributed by atoms with Gasteiger partial charge >= 0.3 is 12.3 Å². The van der Waals surface area contributed by atoms with Gasteiger partial charge in [-0.25, -0.2) is 4.79 Å². The lowest BCUT2D eigenvalue weighted by atomic mass is 9.99. The zero-order valence-electron chi connectivity index (χ0n) is 16.7. The third kappa shape index (κ3) is 5.20. The number of alkyl halides is 3. The first-order valence-corrected chi connectivity index (χ1v) is 9.55. The summed E-state index contributed by atoms with van der Waals surface area (Å²) in [5.41, 5.74) is -1.02. The van der Waals surface area contributed by atoms with E-state index >= 15 is 0 Å². The molecular formula is C20H25F3N2O4. The molecule has 0 unspecified atom stereocenters. The van der Waals surface area contributed by atoms with Crippen LogP contribution in [-0.4, -0.2) is 41.7 Å². The molecule has 1 saturated heterocycles. The van der Waals surface area contributed by atoms with Crippen LogP contribution >= 0.6 is 0 Å². The molecule has 0 atom stereocenters. The Balaban J connectivity index is 1.60. The summed E-state index contributed by atoms with van der Waals surface area (Å²) in [5.74, 6) is -0.502. The second-order valence-corrected chi connectivity index (χ2v) is 8.33. The number of amides is 2. The molecule has 0 bridgehead atoms. The van der Waals surface area contributed by atoms with Crippen LogP contribution in [0.4, 0.5) is 18.0 Å². The Morgan fingerprint density at radius 2 is 1.86 bits per heavy atom. The van der Waals surface area contributed by atoms with Crippen LogP contribution in [-0.2, 0) is 28.8 Å². The molecule has 9 heteroatoms. The lowest BCUT2D eigenvalue weighted by Crippen LogP contribution is -2.43. The van der Waals surface area contributed by atoms with Gasteiger partial charge in [0.05, 0.1) is 18.3 Å². The standard InChI is InChI=1S/C20H25F3N2O4/c1-19(2,3)29-18(27)25-6-4-13(5-7-25)28-11-12-8-14-15(10-24-17(14)26)16(9-12)20(21,22)23/h8-9,13H,4-7,10-11H2,1-3H3,(H,24,26). The van der Waals surface area contributed by atoms with Crippen molar-refractivity contribution < 1.29 is 32.2 Å². The molecule has 2 aliphatic rings. The Kier molecular flexibility index (Phi) is 5.80. The van der Waals surface area contributed by atoms with E-state index in [1.54, 1.807) is 25.7 Å². The average Bonchev–Trinajstić information content (AvgIpc) is 2.98. The Bertz CT molecular complexity index is 794. The molecule has 0 radical (unpaired) electrons. The first kappa shape index (κ1) is 21.4. The van der Waals surface area contributed by atoms with Crippen LogP contribution in [0, 0.1) is 0 Å². The smallest absolute Gasteiger partial charge is 0.416 e. The predicted molar refractivity (Wildman–Crippen MR) is 98.2 cm³/mol. The minimum absolute atomic E-state index is 0.0167. The van der Waals surface area contributed by atoms with Crippen LogP contribution < -0.4 is 5.32 Å². The van der Waals surface area contributed by atoms with Crippen molar-refractivity contribution in [1.29, 1.82) is 0 Å². The minimum Gasteiger partial charge on any atom is -0.444 e. The van der Waals surface area contributed by atoms with Crippen LogP contribution in [0.25, 0.3) is 0 Å². The van der Waals surface area contributed by atoms with E-state index in [0.29, 0.717) is 31.5 Å². The molecule has 0 aliphatic carbocycles. The average molecular weight is 414 g/mol. The highest BCUT2D eigenvalue weighted by atomic mass is 19.4. The van der Waals surface area contributed by atoms with Gasteiger partial charge in [0.2, 0.25) is 0 Å². The van der Waals surface area contributed by atoms with Gasteiger partial charge in [-0.1, -0.05) is 0 Å². The summed E-state index contributed by atoms with van der Waals surface area (Å²) in [4.78, 5) is 25.5. The van der Waals surface area contributed by atoms with Crippen molar-refractivity contribution in [3.05, 3.63) is 34.4 Å². The van der Waals surface area contributed by atoms with E-state index in [1.165, 1.54) is 6.07 Å². The monoisotopic (exact) mass is 414 g/mol. The van der Waals surface area contributed by atoms with Crippen LogP contribution in [0.15, 0.2) is 12.1 Å². The Morgan fingerprint density at radius 1 is 1.21 bits per heavy atom. The van der Waals surface area contributed by atoms with Crippen LogP contribution in [0.3, 0.4) is 0 Å². The van der Waals surface area contributed by atoms with E-state index in [-0.39, 0.29) is 36.5 Å². The highest BCUT2D eigenvalue weighted by molar-refractivity contribution is 5.99. The lowest BCUT2D eigenvalue weighted by molar-refractivity contribution is -0.138. The predicted octanol–water partition coefficient (Wildman–Crippen LogP) is 3.86. The van der Waals surface area contributed by atoms with Gasteiger partial charge in [-0.15, -0.1) is 0 Å². The van der Waals surface area contributed by atoms with Crippen LogP contribution in [0.1, 0.15) is 60.7 Å². The molecule has 1 aromatic rings. The van der Waals surface area contributed by atoms with Gasteiger partial charge in [0.15, 0.2) is 0 Å². The number of carbonyl (C=O) groups excluding carboxylic acids is 2. The molecular weight excluding hydrogens is 389 g/mol. The number of rotatable bonds is 3. The van der Waals surface area contributed by atoms with E-state index in [9.17, 15) is 22.8 Å². The number of halogens is 3. The van der Waals surface area contributed by atoms with Gasteiger partial charge < -0.3 is 19.7 Å². The van der Waals surface area contributed by atoms with Crippen molar-refractivity contribution in [2.75, 3.05) is 13.1 Å². The molecule has 2 amide bonds. The molecule has 2 heterocycles. The molecule has 1 fully saturated rings. The van der Waals surface area contributed by atoms with Gasteiger partial charge in [0, 0.05) is 25.2 Å². The number of fused-ring (bicyclic) bond motifs is 1. The van der Waals surface area contributed by atoms with Crippen LogP contribution in [0.5, 0.6) is 0 Å². The van der Waals surface area contributed by atoms with Gasteiger partial charge in [0.25, 0.3) is 5.91 Å². The van der Waals surface area contributed by atoms with E-state index in [0.717, 1.165) is 6.07 Å². The summed E-state index contributed by atoms with van der Waals surface area (Å²) in [6.07, 6.45) is -3.96. The zero-order chi connectivity index (χ0) is 21.4. The second-order valence-electron chi connectivity index (χ2n) is 8.33. The lowest BCUT2D eigenvalue weighted by Gasteiger charge is -2.33. The molecule has 2 aliphatic heterocycles. The molecule has 1 aromatic carbocycles. The summed E-state index contributed by atoms with van der Waals surface area (Å²) in [6.45, 7) is 6.17. The fourth-order valence-electron chi connectivity index (χ4n) is 3.47. The molecule has 160 valence electrons. The van der Waals surface area contributed by atoms with Crippen molar-refractivity contribution in [2.24, 2.45) is 0 Å². The third-order valence-corrected chi connectivity index (χ3v) is 4.86. The number of hydrogen-bond donors (Lipinski definition) is 1. The van der Waals surface area contributed by atoms with E-state index in [4.69, 9.17) is 9.47 Å². The molecule has 0 aromatic heterocycles. The summed E-state index contributed by atoms with van der Waals surface area (Å²) >= 11 is 0. The maximum Gasteiger partial charge on any atom is 0.416 e. The quantitative estimate of drug-likeness (QED) is 0.816. The Hall–Kier alpha value is -2.29. The number of hydrogen-bond acceptors (Lipinski definition) is 4. The second kappa shape index (κ2) is 7.85. The summed E-state index contributed by atoms with van der Waals surface area (Å²) < 4.78 is 51.2. The highest BCUT2D eigenvalue weighted by Crippen LogP contribution is 2.36. The maximum atomic E-state index is 13.4. The normalized spacial score (nSPS) is 17.9. The fourth-order valence-corrected chi connectivity index (χ4v) is 3.47. The first-order valence-electron chi connectivity index (χ1n) is 9.55. The van der Waals surface area contributed by atoms with Gasteiger partial charge in [-0.05, 0) is 56.9 Å². The van der Waals surface area contributed by atoms with Crippen molar-refractivity contribution in [3.63, 3.8) is 0 Å². The van der Waals surface area contributed by atoms with Crippen molar-refractivity contribution in [3.8, 4) is 0 Å². The molecule has 6 nitrogen and oxygen atoms in total. The number of benzene rings is 1. The largest absolute Gasteiger partial charge is 0.444 e. The number of nitrogens with one attached hydrogen (secondary N) is 1. The number of ether oxygens (including phenoxy) is 2. The topological polar surface area (TPSA) is 67.9 Å². The number of nitrogens with zero attached hydrogens (tertiary/aromatic N) is 1. The summed E-state index contributed by atoms with van der Waals surface area (Å²) in [7, 11) is 0. The van der Waals surface area contributed by atoms with E-state index in [1.807, 2.05) is 0 Å². The number of piperidine rings is 1. The Labute approximate surface area is 167 Å². The maximum absolute atomic E-state index is 13.4. The zero-order valence-corrected chi connectivity index (χ0v) is 16.7. The third-order valence-electron chi connectivity index (χ3n) is 4.86. The molecule has 3 rings (SSSR count). The van der Waals surface area contributed by atoms with E-state index < -0.39 is 23.2 Å². The molecule has 0 spiro atoms. The van der Waals surface area contributed by atoms with Crippen molar-refractivity contribution >= 4 is 12.0 Å². The molecule has 0 saturated carbocycles. The summed E-state index contributed by atoms with van der Waals surface area (Å²) in [5, 5.41) is 2.43. The number of carbonyl (C=O) groups is 2. The summed E-state index contributed by atoms with van der Waals surface area (Å²) in [6, 6.07) is 2.51.